The molecule has 2 aromatic rings. The summed E-state index contributed by atoms with van der Waals surface area (Å²) in [4.78, 5) is 0. The highest BCUT2D eigenvalue weighted by atomic mass is 19.4. The summed E-state index contributed by atoms with van der Waals surface area (Å²) in [5, 5.41) is 3.94. The van der Waals surface area contributed by atoms with Gasteiger partial charge < -0.3 is 10.5 Å². The largest absolute Gasteiger partial charge is 0.489 e. The predicted molar refractivity (Wildman–Crippen MR) is 63.4 cm³/mol. The van der Waals surface area contributed by atoms with Gasteiger partial charge in [0.1, 0.15) is 18.2 Å². The number of aryl methyl sites for hydroxylation is 1. The monoisotopic (exact) mass is 271 g/mol. The fourth-order valence-electron chi connectivity index (χ4n) is 1.50. The number of halogens is 3. The maximum atomic E-state index is 12.4. The molecule has 0 atom stereocenters. The number of nitrogens with zero attached hydrogens (tertiary/aromatic N) is 2. The van der Waals surface area contributed by atoms with Gasteiger partial charge in [-0.3, -0.25) is 4.68 Å². The van der Waals surface area contributed by atoms with E-state index in [2.05, 4.69) is 5.10 Å². The van der Waals surface area contributed by atoms with Crippen LogP contribution in [0.3, 0.4) is 0 Å². The van der Waals surface area contributed by atoms with Crippen molar-refractivity contribution in [3.05, 3.63) is 41.6 Å². The predicted octanol–water partition coefficient (Wildman–Crippen LogP) is 2.60. The molecule has 0 amide bonds. The lowest BCUT2D eigenvalue weighted by atomic mass is 10.2. The quantitative estimate of drug-likeness (QED) is 0.933. The first kappa shape index (κ1) is 13.3. The molecule has 0 fully saturated rings. The summed E-state index contributed by atoms with van der Waals surface area (Å²) in [7, 11) is 1.69. The van der Waals surface area contributed by atoms with Crippen molar-refractivity contribution in [2.75, 3.05) is 5.73 Å². The molecule has 0 radical (unpaired) electrons. The number of ether oxygens (including phenoxy) is 1. The molecule has 0 bridgehead atoms. The molecule has 0 aliphatic heterocycles. The second kappa shape index (κ2) is 4.83. The lowest BCUT2D eigenvalue weighted by Gasteiger charge is -2.09. The summed E-state index contributed by atoms with van der Waals surface area (Å²) in [6.07, 6.45) is -2.79. The first-order valence-electron chi connectivity index (χ1n) is 5.44. The summed E-state index contributed by atoms with van der Waals surface area (Å²) in [5.74, 6) is 0.808. The van der Waals surface area contributed by atoms with E-state index in [1.54, 1.807) is 13.2 Å². The SMILES string of the molecule is Cn1ncc(COc2ccc(C(F)(F)F)cc2)c1N. The van der Waals surface area contributed by atoms with Crippen LogP contribution in [-0.2, 0) is 19.8 Å². The van der Waals surface area contributed by atoms with Gasteiger partial charge >= 0.3 is 6.18 Å². The molecule has 102 valence electrons. The van der Waals surface area contributed by atoms with Crippen molar-refractivity contribution in [2.24, 2.45) is 7.05 Å². The zero-order valence-corrected chi connectivity index (χ0v) is 10.1. The smallest absolute Gasteiger partial charge is 0.416 e. The van der Waals surface area contributed by atoms with Crippen molar-refractivity contribution in [1.82, 2.24) is 9.78 Å². The van der Waals surface area contributed by atoms with Crippen LogP contribution in [0.1, 0.15) is 11.1 Å². The van der Waals surface area contributed by atoms with Gasteiger partial charge in [0.2, 0.25) is 0 Å². The Labute approximate surface area is 107 Å². The number of nitrogen functional groups attached to an aromatic ring is 1. The van der Waals surface area contributed by atoms with Crippen LogP contribution in [-0.4, -0.2) is 9.78 Å². The maximum absolute atomic E-state index is 12.4. The van der Waals surface area contributed by atoms with Gasteiger partial charge in [-0.1, -0.05) is 0 Å². The van der Waals surface area contributed by atoms with Crippen LogP contribution in [0, 0.1) is 0 Å². The van der Waals surface area contributed by atoms with Gasteiger partial charge in [0.25, 0.3) is 0 Å². The van der Waals surface area contributed by atoms with Gasteiger partial charge in [0.15, 0.2) is 0 Å². The molecule has 2 rings (SSSR count). The Morgan fingerprint density at radius 1 is 1.26 bits per heavy atom. The minimum atomic E-state index is -4.34. The van der Waals surface area contributed by atoms with Gasteiger partial charge in [0.05, 0.1) is 17.3 Å². The highest BCUT2D eigenvalue weighted by Crippen LogP contribution is 2.30. The average Bonchev–Trinajstić information content (AvgIpc) is 2.67. The first-order chi connectivity index (χ1) is 8.88. The van der Waals surface area contributed by atoms with Crippen LogP contribution < -0.4 is 10.5 Å². The molecule has 1 heterocycles. The van der Waals surface area contributed by atoms with Crippen molar-refractivity contribution in [2.45, 2.75) is 12.8 Å². The van der Waals surface area contributed by atoms with Crippen molar-refractivity contribution < 1.29 is 17.9 Å². The number of nitrogens with two attached hydrogens (primary N) is 1. The van der Waals surface area contributed by atoms with E-state index in [0.29, 0.717) is 17.1 Å². The molecule has 0 spiro atoms. The van der Waals surface area contributed by atoms with Gasteiger partial charge in [-0.2, -0.15) is 18.3 Å². The fraction of sp³-hybridized carbons (Fsp3) is 0.250. The molecule has 19 heavy (non-hydrogen) atoms. The lowest BCUT2D eigenvalue weighted by Crippen LogP contribution is -2.05. The number of aromatic nitrogens is 2. The third kappa shape index (κ3) is 2.98. The zero-order chi connectivity index (χ0) is 14.0. The first-order valence-corrected chi connectivity index (χ1v) is 5.44. The van der Waals surface area contributed by atoms with Crippen LogP contribution in [0.4, 0.5) is 19.0 Å². The van der Waals surface area contributed by atoms with Crippen LogP contribution in [0.2, 0.25) is 0 Å². The van der Waals surface area contributed by atoms with E-state index in [1.165, 1.54) is 16.8 Å². The molecule has 1 aromatic carbocycles. The van der Waals surface area contributed by atoms with Gasteiger partial charge in [-0.25, -0.2) is 0 Å². The van der Waals surface area contributed by atoms with E-state index < -0.39 is 11.7 Å². The van der Waals surface area contributed by atoms with Crippen LogP contribution in [0.15, 0.2) is 30.5 Å². The number of benzene rings is 1. The lowest BCUT2D eigenvalue weighted by molar-refractivity contribution is -0.137. The summed E-state index contributed by atoms with van der Waals surface area (Å²) in [6.45, 7) is 0.158. The summed E-state index contributed by atoms with van der Waals surface area (Å²) >= 11 is 0. The normalized spacial score (nSPS) is 11.6. The van der Waals surface area contributed by atoms with Crippen LogP contribution >= 0.6 is 0 Å². The molecule has 4 nitrogen and oxygen atoms in total. The number of alkyl halides is 3. The highest BCUT2D eigenvalue weighted by Gasteiger charge is 2.29. The summed E-state index contributed by atoms with van der Waals surface area (Å²) in [5.41, 5.74) is 5.69. The molecule has 0 saturated carbocycles. The van der Waals surface area contributed by atoms with Crippen molar-refractivity contribution in [3.8, 4) is 5.75 Å². The second-order valence-corrected chi connectivity index (χ2v) is 3.99. The Balaban J connectivity index is 2.03. The average molecular weight is 271 g/mol. The summed E-state index contributed by atoms with van der Waals surface area (Å²) in [6, 6.07) is 4.49. The molecule has 1 aromatic heterocycles. The molecule has 2 N–H and O–H groups in total. The van der Waals surface area contributed by atoms with E-state index in [4.69, 9.17) is 10.5 Å². The molecule has 0 saturated heterocycles. The minimum Gasteiger partial charge on any atom is -0.489 e. The van der Waals surface area contributed by atoms with Gasteiger partial charge in [-0.05, 0) is 24.3 Å². The molecule has 0 unspecified atom stereocenters. The van der Waals surface area contributed by atoms with E-state index in [0.717, 1.165) is 12.1 Å². The van der Waals surface area contributed by atoms with E-state index in [1.807, 2.05) is 0 Å². The number of hydrogen-bond donors (Lipinski definition) is 1. The third-order valence-electron chi connectivity index (χ3n) is 2.64. The van der Waals surface area contributed by atoms with Crippen molar-refractivity contribution >= 4 is 5.82 Å². The number of hydrogen-bond acceptors (Lipinski definition) is 3. The Morgan fingerprint density at radius 3 is 2.37 bits per heavy atom. The molecular formula is C12H12F3N3O. The van der Waals surface area contributed by atoms with Crippen molar-refractivity contribution in [1.29, 1.82) is 0 Å². The Hall–Kier alpha value is -2.18. The molecule has 0 aliphatic carbocycles. The van der Waals surface area contributed by atoms with E-state index in [9.17, 15) is 13.2 Å². The van der Waals surface area contributed by atoms with Gasteiger partial charge in [-0.15, -0.1) is 0 Å². The van der Waals surface area contributed by atoms with Crippen LogP contribution in [0.25, 0.3) is 0 Å². The molecular weight excluding hydrogens is 259 g/mol. The Kier molecular flexibility index (Phi) is 3.37. The molecule has 7 heteroatoms. The fourth-order valence-corrected chi connectivity index (χ4v) is 1.50. The number of rotatable bonds is 3. The zero-order valence-electron chi connectivity index (χ0n) is 10.1. The third-order valence-corrected chi connectivity index (χ3v) is 2.64. The van der Waals surface area contributed by atoms with E-state index in [-0.39, 0.29) is 6.61 Å². The Morgan fingerprint density at radius 2 is 1.89 bits per heavy atom. The Bertz CT molecular complexity index is 561. The maximum Gasteiger partial charge on any atom is 0.416 e. The van der Waals surface area contributed by atoms with Gasteiger partial charge in [0, 0.05) is 7.05 Å². The summed E-state index contributed by atoms with van der Waals surface area (Å²) < 4.78 is 43.9. The topological polar surface area (TPSA) is 53.1 Å². The van der Waals surface area contributed by atoms with Crippen LogP contribution in [0.5, 0.6) is 5.75 Å². The standard InChI is InChI=1S/C12H12F3N3O/c1-18-11(16)8(6-17-18)7-19-10-4-2-9(3-5-10)12(13,14)15/h2-6H,7,16H2,1H3. The minimum absolute atomic E-state index is 0.158. The van der Waals surface area contributed by atoms with E-state index >= 15 is 0 Å². The van der Waals surface area contributed by atoms with Crippen molar-refractivity contribution in [3.63, 3.8) is 0 Å². The molecule has 0 aliphatic rings. The second-order valence-electron chi connectivity index (χ2n) is 3.99. The number of anilines is 1. The highest BCUT2D eigenvalue weighted by molar-refractivity contribution is 5.38.